The summed E-state index contributed by atoms with van der Waals surface area (Å²) < 4.78 is 6.16. The van der Waals surface area contributed by atoms with Gasteiger partial charge in [0, 0.05) is 22.8 Å². The van der Waals surface area contributed by atoms with Crippen LogP contribution in [0.4, 0.5) is 0 Å². The molecule has 0 aromatic rings. The minimum atomic E-state index is -1.06. The van der Waals surface area contributed by atoms with Crippen molar-refractivity contribution in [3.8, 4) is 0 Å². The molecule has 9 atom stereocenters. The molecule has 0 aromatic heterocycles. The van der Waals surface area contributed by atoms with Crippen LogP contribution in [-0.2, 0) is 9.53 Å². The van der Waals surface area contributed by atoms with Crippen molar-refractivity contribution in [1.82, 2.24) is 0 Å². The van der Waals surface area contributed by atoms with E-state index in [9.17, 15) is 15.0 Å². The number of aliphatic hydroxyl groups excluding tert-OH is 1. The third-order valence-electron chi connectivity index (χ3n) is 10.9. The van der Waals surface area contributed by atoms with Gasteiger partial charge in [-0.25, -0.2) is 0 Å². The lowest BCUT2D eigenvalue weighted by Gasteiger charge is -2.55. The molecule has 2 saturated carbocycles. The van der Waals surface area contributed by atoms with Crippen LogP contribution in [-0.4, -0.2) is 39.4 Å². The van der Waals surface area contributed by atoms with E-state index in [-0.39, 0.29) is 16.6 Å². The number of carbonyl (C=O) groups is 1. The van der Waals surface area contributed by atoms with Crippen molar-refractivity contribution in [2.45, 2.75) is 110 Å². The van der Waals surface area contributed by atoms with E-state index in [2.05, 4.69) is 53.7 Å². The molecule has 4 nitrogen and oxygen atoms in total. The van der Waals surface area contributed by atoms with Gasteiger partial charge in [-0.05, 0) is 62.2 Å². The summed E-state index contributed by atoms with van der Waals surface area (Å²) in [5, 5.41) is 22.6. The van der Waals surface area contributed by atoms with Gasteiger partial charge in [-0.2, -0.15) is 0 Å². The van der Waals surface area contributed by atoms with E-state index in [1.54, 1.807) is 0 Å². The number of allylic oxidation sites excluding steroid dienone is 2. The van der Waals surface area contributed by atoms with Gasteiger partial charge >= 0.3 is 0 Å². The molecule has 1 heterocycles. The fourth-order valence-electron chi connectivity index (χ4n) is 8.19. The third kappa shape index (κ3) is 2.69. The molecule has 2 N–H and O–H groups in total. The largest absolute Gasteiger partial charge is 0.393 e. The molecule has 5 aliphatic rings. The number of epoxide rings is 1. The molecule has 5 rings (SSSR count). The number of rotatable bonds is 4. The maximum Gasteiger partial charge on any atom is 0.193 e. The molecular weight excluding hydrogens is 400 g/mol. The van der Waals surface area contributed by atoms with E-state index in [4.69, 9.17) is 4.74 Å². The Morgan fingerprint density at radius 1 is 1.06 bits per heavy atom. The quantitative estimate of drug-likeness (QED) is 0.476. The first-order chi connectivity index (χ1) is 14.9. The maximum atomic E-state index is 13.7. The Balaban J connectivity index is 1.51. The van der Waals surface area contributed by atoms with Crippen LogP contribution in [0, 0.1) is 34.5 Å². The fraction of sp³-hybridized carbons (Fsp3) is 0.821. The molecule has 0 bridgehead atoms. The highest BCUT2D eigenvalue weighted by atomic mass is 16.6. The normalized spacial score (nSPS) is 49.5. The highest BCUT2D eigenvalue weighted by Crippen LogP contribution is 2.72. The number of hydrogen-bond donors (Lipinski definition) is 2. The number of ether oxygens (including phenoxy) is 1. The molecule has 1 spiro atoms. The van der Waals surface area contributed by atoms with Crippen molar-refractivity contribution >= 4 is 5.78 Å². The number of carbonyl (C=O) groups excluding carboxylic acids is 1. The standard InChI is InChI=1S/C28H42O4/c1-16(2)17(3)7-8-18(4)20-11-14-27(31)22-21(10-13-25(20,27)5)26(6)12-9-19(29)15-28(26)24(32-28)23(22)30/h7-8,16-20,24,29,31H,9-15H2,1-6H3/t17?,18?,19?,20?,24-,25?,26+,27?,28-/m1/s1. The van der Waals surface area contributed by atoms with Crippen molar-refractivity contribution in [1.29, 1.82) is 0 Å². The molecule has 3 fully saturated rings. The first-order valence-corrected chi connectivity index (χ1v) is 13.0. The van der Waals surface area contributed by atoms with Crippen LogP contribution < -0.4 is 0 Å². The van der Waals surface area contributed by atoms with Gasteiger partial charge in [0.15, 0.2) is 11.9 Å². The highest BCUT2D eigenvalue weighted by molar-refractivity contribution is 6.06. The molecule has 0 amide bonds. The minimum Gasteiger partial charge on any atom is -0.393 e. The second-order valence-electron chi connectivity index (χ2n) is 12.6. The number of ketones is 1. The molecule has 4 heteroatoms. The highest BCUT2D eigenvalue weighted by Gasteiger charge is 2.78. The average molecular weight is 443 g/mol. The number of Topliss-reactive ketones (excluding diaryl/α,β-unsaturated/α-hetero) is 1. The molecule has 178 valence electrons. The zero-order valence-corrected chi connectivity index (χ0v) is 20.8. The summed E-state index contributed by atoms with van der Waals surface area (Å²) in [6, 6.07) is 0. The Kier molecular flexibility index (Phi) is 5.00. The third-order valence-corrected chi connectivity index (χ3v) is 10.9. The fourth-order valence-corrected chi connectivity index (χ4v) is 8.19. The maximum absolute atomic E-state index is 13.7. The number of hydrogen-bond acceptors (Lipinski definition) is 4. The monoisotopic (exact) mass is 442 g/mol. The molecule has 1 aliphatic heterocycles. The van der Waals surface area contributed by atoms with Gasteiger partial charge in [-0.3, -0.25) is 4.79 Å². The van der Waals surface area contributed by atoms with Crippen LogP contribution in [0.1, 0.15) is 86.5 Å². The van der Waals surface area contributed by atoms with E-state index in [0.717, 1.165) is 37.7 Å². The summed E-state index contributed by atoms with van der Waals surface area (Å²) in [4.78, 5) is 13.7. The molecule has 0 aromatic carbocycles. The van der Waals surface area contributed by atoms with Crippen molar-refractivity contribution in [2.75, 3.05) is 0 Å². The molecule has 6 unspecified atom stereocenters. The predicted molar refractivity (Wildman–Crippen MR) is 125 cm³/mol. The summed E-state index contributed by atoms with van der Waals surface area (Å²) in [6.45, 7) is 13.5. The molecule has 4 aliphatic carbocycles. The summed E-state index contributed by atoms with van der Waals surface area (Å²) in [6.07, 6.45) is 9.34. The Hall–Kier alpha value is -0.970. The van der Waals surface area contributed by atoms with E-state index in [1.165, 1.54) is 0 Å². The van der Waals surface area contributed by atoms with Crippen LogP contribution in [0.3, 0.4) is 0 Å². The van der Waals surface area contributed by atoms with E-state index >= 15 is 0 Å². The SMILES string of the molecule is CC(C)C(C)C=CC(C)C1CCC2(O)C3=C(CCC12C)[C@]1(C)CCC(O)C[C@]12O[C@@H]2C3=O. The van der Waals surface area contributed by atoms with Gasteiger partial charge in [-0.1, -0.05) is 59.3 Å². The smallest absolute Gasteiger partial charge is 0.193 e. The minimum absolute atomic E-state index is 0.0114. The van der Waals surface area contributed by atoms with Gasteiger partial charge in [-0.15, -0.1) is 0 Å². The van der Waals surface area contributed by atoms with Crippen molar-refractivity contribution < 1.29 is 19.7 Å². The molecule has 32 heavy (non-hydrogen) atoms. The molecule has 1 saturated heterocycles. The second kappa shape index (κ2) is 7.02. The van der Waals surface area contributed by atoms with Gasteiger partial charge in [0.05, 0.1) is 11.7 Å². The van der Waals surface area contributed by atoms with E-state index < -0.39 is 23.4 Å². The van der Waals surface area contributed by atoms with Crippen LogP contribution in [0.2, 0.25) is 0 Å². The van der Waals surface area contributed by atoms with Crippen LogP contribution in [0.5, 0.6) is 0 Å². The summed E-state index contributed by atoms with van der Waals surface area (Å²) in [5.74, 6) is 1.89. The van der Waals surface area contributed by atoms with Crippen LogP contribution in [0.15, 0.2) is 23.3 Å². The molecular formula is C28H42O4. The average Bonchev–Trinajstić information content (AvgIpc) is 3.38. The lowest BCUT2D eigenvalue weighted by Crippen LogP contribution is -2.59. The Morgan fingerprint density at radius 3 is 2.47 bits per heavy atom. The van der Waals surface area contributed by atoms with Gasteiger partial charge in [0.25, 0.3) is 0 Å². The lowest BCUT2D eigenvalue weighted by atomic mass is 9.49. The van der Waals surface area contributed by atoms with Crippen molar-refractivity contribution in [3.63, 3.8) is 0 Å². The van der Waals surface area contributed by atoms with Crippen molar-refractivity contribution in [2.24, 2.45) is 34.5 Å². The van der Waals surface area contributed by atoms with Gasteiger partial charge in [0.2, 0.25) is 0 Å². The van der Waals surface area contributed by atoms with Gasteiger partial charge < -0.3 is 14.9 Å². The van der Waals surface area contributed by atoms with Crippen molar-refractivity contribution in [3.05, 3.63) is 23.3 Å². The van der Waals surface area contributed by atoms with Crippen LogP contribution >= 0.6 is 0 Å². The Morgan fingerprint density at radius 2 is 1.78 bits per heavy atom. The zero-order valence-electron chi connectivity index (χ0n) is 20.8. The second-order valence-corrected chi connectivity index (χ2v) is 12.6. The van der Waals surface area contributed by atoms with Crippen LogP contribution in [0.25, 0.3) is 0 Å². The molecule has 0 radical (unpaired) electrons. The number of fused-ring (bicyclic) bond motifs is 3. The summed E-state index contributed by atoms with van der Waals surface area (Å²) >= 11 is 0. The first kappa shape index (κ1) is 22.8. The predicted octanol–water partition coefficient (Wildman–Crippen LogP) is 4.98. The lowest BCUT2D eigenvalue weighted by molar-refractivity contribution is -0.125. The Bertz CT molecular complexity index is 888. The number of aliphatic hydroxyl groups is 2. The zero-order chi connectivity index (χ0) is 23.3. The summed E-state index contributed by atoms with van der Waals surface area (Å²) in [7, 11) is 0. The topological polar surface area (TPSA) is 70.1 Å². The Labute approximate surface area is 193 Å². The van der Waals surface area contributed by atoms with Gasteiger partial charge in [0.1, 0.15) is 5.60 Å². The van der Waals surface area contributed by atoms with E-state index in [1.807, 2.05) is 0 Å². The van der Waals surface area contributed by atoms with E-state index in [0.29, 0.717) is 42.1 Å². The summed E-state index contributed by atoms with van der Waals surface area (Å²) in [5.41, 5.74) is -0.283. The first-order valence-electron chi connectivity index (χ1n) is 13.0.